The first-order chi connectivity index (χ1) is 12.7. The van der Waals surface area contributed by atoms with Crippen molar-refractivity contribution in [1.29, 1.82) is 0 Å². The van der Waals surface area contributed by atoms with Gasteiger partial charge in [0.1, 0.15) is 0 Å². The summed E-state index contributed by atoms with van der Waals surface area (Å²) >= 11 is 0. The topological polar surface area (TPSA) is 46.9 Å². The molecule has 0 spiro atoms. The SMILES string of the molecule is CC(NC(=O)CCn1cnc2ccccc21)c1ccc2ccccc2c1. The van der Waals surface area contributed by atoms with E-state index in [2.05, 4.69) is 40.6 Å². The average molecular weight is 343 g/mol. The van der Waals surface area contributed by atoms with Gasteiger partial charge in [-0.2, -0.15) is 0 Å². The van der Waals surface area contributed by atoms with E-state index in [1.165, 1.54) is 10.8 Å². The number of nitrogens with one attached hydrogen (secondary N) is 1. The number of amides is 1. The number of imidazole rings is 1. The largest absolute Gasteiger partial charge is 0.350 e. The van der Waals surface area contributed by atoms with Gasteiger partial charge in [-0.15, -0.1) is 0 Å². The van der Waals surface area contributed by atoms with E-state index in [9.17, 15) is 4.79 Å². The Morgan fingerprint density at radius 1 is 1.04 bits per heavy atom. The number of para-hydroxylation sites is 2. The van der Waals surface area contributed by atoms with Crippen molar-refractivity contribution in [3.05, 3.63) is 78.6 Å². The van der Waals surface area contributed by atoms with Crippen LogP contribution in [-0.4, -0.2) is 15.5 Å². The van der Waals surface area contributed by atoms with Crippen LogP contribution in [0.4, 0.5) is 0 Å². The summed E-state index contributed by atoms with van der Waals surface area (Å²) in [4.78, 5) is 16.7. The van der Waals surface area contributed by atoms with Gasteiger partial charge in [-0.1, -0.05) is 48.5 Å². The molecule has 0 fully saturated rings. The molecule has 0 radical (unpaired) electrons. The molecule has 0 aliphatic rings. The number of carbonyl (C=O) groups excluding carboxylic acids is 1. The lowest BCUT2D eigenvalue weighted by Gasteiger charge is -2.15. The van der Waals surface area contributed by atoms with Crippen molar-refractivity contribution in [2.75, 3.05) is 0 Å². The molecule has 0 bridgehead atoms. The number of fused-ring (bicyclic) bond motifs is 2. The van der Waals surface area contributed by atoms with E-state index in [0.29, 0.717) is 13.0 Å². The van der Waals surface area contributed by atoms with E-state index in [1.54, 1.807) is 6.33 Å². The number of aryl methyl sites for hydroxylation is 1. The molecular weight excluding hydrogens is 322 g/mol. The molecule has 4 aromatic rings. The van der Waals surface area contributed by atoms with Crippen LogP contribution in [0.1, 0.15) is 24.9 Å². The lowest BCUT2D eigenvalue weighted by atomic mass is 10.0. The van der Waals surface area contributed by atoms with Gasteiger partial charge in [0.15, 0.2) is 0 Å². The molecule has 4 nitrogen and oxygen atoms in total. The Morgan fingerprint density at radius 3 is 2.69 bits per heavy atom. The molecular formula is C22H21N3O. The molecule has 1 amide bonds. The minimum atomic E-state index is -0.0216. The monoisotopic (exact) mass is 343 g/mol. The number of carbonyl (C=O) groups is 1. The predicted molar refractivity (Wildman–Crippen MR) is 105 cm³/mol. The van der Waals surface area contributed by atoms with Crippen molar-refractivity contribution in [3.8, 4) is 0 Å². The molecule has 1 aromatic heterocycles. The van der Waals surface area contributed by atoms with E-state index in [0.717, 1.165) is 16.6 Å². The number of nitrogens with zero attached hydrogens (tertiary/aromatic N) is 2. The van der Waals surface area contributed by atoms with Gasteiger partial charge in [0.2, 0.25) is 5.91 Å². The zero-order valence-corrected chi connectivity index (χ0v) is 14.7. The fourth-order valence-electron chi connectivity index (χ4n) is 3.28. The first kappa shape index (κ1) is 16.3. The highest BCUT2D eigenvalue weighted by atomic mass is 16.1. The van der Waals surface area contributed by atoms with Crippen LogP contribution in [-0.2, 0) is 11.3 Å². The molecule has 3 aromatic carbocycles. The van der Waals surface area contributed by atoms with Crippen molar-refractivity contribution < 1.29 is 4.79 Å². The standard InChI is InChI=1S/C22H21N3O/c1-16(18-11-10-17-6-2-3-7-19(17)14-18)24-22(26)12-13-25-15-23-20-8-4-5-9-21(20)25/h2-11,14-16H,12-13H2,1H3,(H,24,26). The van der Waals surface area contributed by atoms with E-state index in [1.807, 2.05) is 47.9 Å². The van der Waals surface area contributed by atoms with Crippen LogP contribution in [0.15, 0.2) is 73.1 Å². The van der Waals surface area contributed by atoms with Gasteiger partial charge in [0.25, 0.3) is 0 Å². The molecule has 1 unspecified atom stereocenters. The third kappa shape index (κ3) is 3.31. The summed E-state index contributed by atoms with van der Waals surface area (Å²) in [6.45, 7) is 2.64. The van der Waals surface area contributed by atoms with E-state index >= 15 is 0 Å². The van der Waals surface area contributed by atoms with E-state index in [-0.39, 0.29) is 11.9 Å². The molecule has 1 atom stereocenters. The first-order valence-electron chi connectivity index (χ1n) is 8.88. The van der Waals surface area contributed by atoms with Crippen molar-refractivity contribution in [2.45, 2.75) is 25.9 Å². The smallest absolute Gasteiger partial charge is 0.222 e. The summed E-state index contributed by atoms with van der Waals surface area (Å²) in [5.41, 5.74) is 3.13. The maximum Gasteiger partial charge on any atom is 0.222 e. The molecule has 0 aliphatic carbocycles. The maximum absolute atomic E-state index is 12.4. The van der Waals surface area contributed by atoms with Crippen LogP contribution >= 0.6 is 0 Å². The van der Waals surface area contributed by atoms with E-state index in [4.69, 9.17) is 0 Å². The number of hydrogen-bond donors (Lipinski definition) is 1. The summed E-state index contributed by atoms with van der Waals surface area (Å²) in [6.07, 6.45) is 2.23. The van der Waals surface area contributed by atoms with Crippen molar-refractivity contribution in [3.63, 3.8) is 0 Å². The molecule has 1 heterocycles. The van der Waals surface area contributed by atoms with Gasteiger partial charge < -0.3 is 9.88 Å². The Bertz CT molecular complexity index is 1070. The summed E-state index contributed by atoms with van der Waals surface area (Å²) in [5, 5.41) is 5.50. The number of aromatic nitrogens is 2. The zero-order valence-electron chi connectivity index (χ0n) is 14.7. The second-order valence-corrected chi connectivity index (χ2v) is 6.57. The van der Waals surface area contributed by atoms with Crippen LogP contribution in [0.2, 0.25) is 0 Å². The molecule has 0 saturated heterocycles. The summed E-state index contributed by atoms with van der Waals surface area (Å²) in [7, 11) is 0. The van der Waals surface area contributed by atoms with Crippen LogP contribution in [0, 0.1) is 0 Å². The Morgan fingerprint density at radius 2 is 1.81 bits per heavy atom. The maximum atomic E-state index is 12.4. The third-order valence-corrected chi connectivity index (χ3v) is 4.76. The third-order valence-electron chi connectivity index (χ3n) is 4.76. The molecule has 26 heavy (non-hydrogen) atoms. The Labute approximate surface area is 152 Å². The Hall–Kier alpha value is -3.14. The fourth-order valence-corrected chi connectivity index (χ4v) is 3.28. The lowest BCUT2D eigenvalue weighted by Crippen LogP contribution is -2.27. The van der Waals surface area contributed by atoms with Crippen molar-refractivity contribution in [1.82, 2.24) is 14.9 Å². The molecule has 0 aliphatic heterocycles. The minimum absolute atomic E-state index is 0.0216. The minimum Gasteiger partial charge on any atom is -0.350 e. The Balaban J connectivity index is 1.40. The highest BCUT2D eigenvalue weighted by Gasteiger charge is 2.11. The van der Waals surface area contributed by atoms with Crippen LogP contribution in [0.5, 0.6) is 0 Å². The molecule has 4 heteroatoms. The van der Waals surface area contributed by atoms with Crippen LogP contribution < -0.4 is 5.32 Å². The average Bonchev–Trinajstić information content (AvgIpc) is 3.09. The van der Waals surface area contributed by atoms with Crippen molar-refractivity contribution in [2.24, 2.45) is 0 Å². The summed E-state index contributed by atoms with van der Waals surface area (Å²) < 4.78 is 2.02. The highest BCUT2D eigenvalue weighted by Crippen LogP contribution is 2.20. The number of hydrogen-bond acceptors (Lipinski definition) is 2. The molecule has 130 valence electrons. The van der Waals surface area contributed by atoms with Crippen LogP contribution in [0.3, 0.4) is 0 Å². The van der Waals surface area contributed by atoms with Crippen LogP contribution in [0.25, 0.3) is 21.8 Å². The lowest BCUT2D eigenvalue weighted by molar-refractivity contribution is -0.121. The Kier molecular flexibility index (Phi) is 4.40. The molecule has 0 saturated carbocycles. The second kappa shape index (κ2) is 7.00. The summed E-state index contributed by atoms with van der Waals surface area (Å²) in [5.74, 6) is 0.0449. The molecule has 4 rings (SSSR count). The van der Waals surface area contributed by atoms with Gasteiger partial charge in [0.05, 0.1) is 23.4 Å². The highest BCUT2D eigenvalue weighted by molar-refractivity contribution is 5.83. The van der Waals surface area contributed by atoms with Gasteiger partial charge in [-0.3, -0.25) is 4.79 Å². The quantitative estimate of drug-likeness (QED) is 0.582. The number of rotatable bonds is 5. The first-order valence-corrected chi connectivity index (χ1v) is 8.88. The van der Waals surface area contributed by atoms with E-state index < -0.39 is 0 Å². The zero-order chi connectivity index (χ0) is 17.9. The number of benzene rings is 3. The van der Waals surface area contributed by atoms with Crippen molar-refractivity contribution >= 4 is 27.7 Å². The predicted octanol–water partition coefficient (Wildman–Crippen LogP) is 4.46. The fraction of sp³-hybridized carbons (Fsp3) is 0.182. The second-order valence-electron chi connectivity index (χ2n) is 6.57. The normalized spacial score (nSPS) is 12.3. The van der Waals surface area contributed by atoms with Gasteiger partial charge >= 0.3 is 0 Å². The summed E-state index contributed by atoms with van der Waals surface area (Å²) in [6, 6.07) is 22.5. The van der Waals surface area contributed by atoms with Gasteiger partial charge in [-0.25, -0.2) is 4.98 Å². The van der Waals surface area contributed by atoms with Gasteiger partial charge in [-0.05, 0) is 41.5 Å². The molecule has 1 N–H and O–H groups in total. The van der Waals surface area contributed by atoms with Gasteiger partial charge in [0, 0.05) is 13.0 Å².